The van der Waals surface area contributed by atoms with Crippen LogP contribution in [-0.2, 0) is 11.0 Å². The van der Waals surface area contributed by atoms with E-state index in [2.05, 4.69) is 0 Å². The highest BCUT2D eigenvalue weighted by atomic mass is 19.4. The summed E-state index contributed by atoms with van der Waals surface area (Å²) in [5.41, 5.74) is 0.451. The number of alkyl halides is 3. The molecular weight excluding hydrogens is 393 g/mol. The molecule has 1 fully saturated rings. The van der Waals surface area contributed by atoms with E-state index in [9.17, 15) is 18.0 Å². The molecule has 1 saturated heterocycles. The smallest absolute Gasteiger partial charge is 0.417 e. The first-order chi connectivity index (χ1) is 14.4. The fourth-order valence-corrected chi connectivity index (χ4v) is 3.72. The number of ether oxygens (including phenoxy) is 1. The summed E-state index contributed by atoms with van der Waals surface area (Å²) in [6.07, 6.45) is -0.825. The third kappa shape index (κ3) is 5.32. The normalized spacial score (nSPS) is 14.9. The fraction of sp³-hybridized carbons (Fsp3) is 0.391. The molecule has 2 aromatic rings. The van der Waals surface area contributed by atoms with Gasteiger partial charge in [0.2, 0.25) is 0 Å². The van der Waals surface area contributed by atoms with Crippen LogP contribution in [0.4, 0.5) is 18.9 Å². The molecule has 2 aromatic carbocycles. The first kappa shape index (κ1) is 21.7. The first-order valence-electron chi connectivity index (χ1n) is 9.95. The van der Waals surface area contributed by atoms with Gasteiger partial charge in [-0.05, 0) is 61.1 Å². The van der Waals surface area contributed by atoms with Gasteiger partial charge in [-0.1, -0.05) is 12.1 Å². The van der Waals surface area contributed by atoms with Crippen molar-refractivity contribution in [1.29, 1.82) is 5.26 Å². The van der Waals surface area contributed by atoms with E-state index in [1.54, 1.807) is 12.1 Å². The molecular formula is C23H23F3N2O2. The summed E-state index contributed by atoms with van der Waals surface area (Å²) in [6.45, 7) is 1.80. The Morgan fingerprint density at radius 1 is 1.13 bits per heavy atom. The minimum absolute atomic E-state index is 0.339. The molecule has 0 atom stereocenters. The maximum atomic E-state index is 13.2. The topological polar surface area (TPSA) is 53.3 Å². The highest BCUT2D eigenvalue weighted by molar-refractivity contribution is 5.55. The maximum Gasteiger partial charge on any atom is 0.417 e. The number of unbranched alkanes of at least 4 members (excludes halogenated alkanes) is 1. The zero-order valence-electron chi connectivity index (χ0n) is 16.5. The number of piperidine rings is 1. The average molecular weight is 416 g/mol. The van der Waals surface area contributed by atoms with Crippen molar-refractivity contribution in [3.8, 4) is 11.8 Å². The van der Waals surface area contributed by atoms with E-state index in [0.29, 0.717) is 44.1 Å². The Hall–Kier alpha value is -3.01. The third-order valence-corrected chi connectivity index (χ3v) is 5.38. The molecule has 0 aliphatic carbocycles. The van der Waals surface area contributed by atoms with Gasteiger partial charge in [-0.15, -0.1) is 0 Å². The number of nitriles is 1. The second-order valence-electron chi connectivity index (χ2n) is 7.33. The van der Waals surface area contributed by atoms with Crippen molar-refractivity contribution in [2.45, 2.75) is 37.8 Å². The van der Waals surface area contributed by atoms with Crippen LogP contribution < -0.4 is 9.64 Å². The zero-order valence-corrected chi connectivity index (χ0v) is 16.5. The van der Waals surface area contributed by atoms with Crippen molar-refractivity contribution in [2.24, 2.45) is 0 Å². The number of halogens is 3. The summed E-state index contributed by atoms with van der Waals surface area (Å²) in [6, 6.07) is 13.4. The van der Waals surface area contributed by atoms with E-state index in [0.717, 1.165) is 30.9 Å². The summed E-state index contributed by atoms with van der Waals surface area (Å²) < 4.78 is 45.3. The van der Waals surface area contributed by atoms with E-state index in [-0.39, 0.29) is 5.56 Å². The number of benzene rings is 2. The number of anilines is 1. The fourth-order valence-electron chi connectivity index (χ4n) is 3.72. The van der Waals surface area contributed by atoms with Gasteiger partial charge in [0.05, 0.1) is 23.8 Å². The molecule has 1 aliphatic rings. The van der Waals surface area contributed by atoms with Gasteiger partial charge in [-0.25, -0.2) is 0 Å². The number of hydrogen-bond donors (Lipinski definition) is 0. The van der Waals surface area contributed by atoms with Gasteiger partial charge in [0, 0.05) is 25.2 Å². The lowest BCUT2D eigenvalue weighted by atomic mass is 9.89. The maximum absolute atomic E-state index is 13.2. The van der Waals surface area contributed by atoms with Crippen LogP contribution in [0.3, 0.4) is 0 Å². The molecule has 0 bridgehead atoms. The Morgan fingerprint density at radius 2 is 1.83 bits per heavy atom. The lowest BCUT2D eigenvalue weighted by molar-refractivity contribution is -0.137. The Balaban J connectivity index is 1.60. The van der Waals surface area contributed by atoms with Crippen molar-refractivity contribution in [1.82, 2.24) is 0 Å². The lowest BCUT2D eigenvalue weighted by Crippen LogP contribution is -2.33. The third-order valence-electron chi connectivity index (χ3n) is 5.38. The van der Waals surface area contributed by atoms with Crippen LogP contribution >= 0.6 is 0 Å². The van der Waals surface area contributed by atoms with Crippen LogP contribution in [0.2, 0.25) is 0 Å². The van der Waals surface area contributed by atoms with Crippen LogP contribution in [0, 0.1) is 11.3 Å². The van der Waals surface area contributed by atoms with Gasteiger partial charge >= 0.3 is 6.18 Å². The van der Waals surface area contributed by atoms with Crippen molar-refractivity contribution < 1.29 is 22.7 Å². The number of aldehydes is 1. The second-order valence-corrected chi connectivity index (χ2v) is 7.33. The number of carbonyl (C=O) groups excluding carboxylic acids is 1. The number of rotatable bonds is 7. The zero-order chi connectivity index (χ0) is 21.6. The summed E-state index contributed by atoms with van der Waals surface area (Å²) in [7, 11) is 0. The predicted octanol–water partition coefficient (Wildman–Crippen LogP) is 5.32. The molecule has 0 unspecified atom stereocenters. The molecule has 0 radical (unpaired) electrons. The molecule has 0 amide bonds. The average Bonchev–Trinajstić information content (AvgIpc) is 2.76. The van der Waals surface area contributed by atoms with Crippen molar-refractivity contribution >= 4 is 12.0 Å². The molecule has 0 saturated carbocycles. The molecule has 7 heteroatoms. The highest BCUT2D eigenvalue weighted by Crippen LogP contribution is 2.36. The van der Waals surface area contributed by atoms with Crippen molar-refractivity contribution in [3.05, 3.63) is 59.2 Å². The van der Waals surface area contributed by atoms with E-state index in [1.165, 1.54) is 11.6 Å². The van der Waals surface area contributed by atoms with E-state index in [4.69, 9.17) is 10.00 Å². The lowest BCUT2D eigenvalue weighted by Gasteiger charge is -2.34. The standard InChI is InChI=1S/C23H23F3N2O2/c24-23(25,26)22-15-20(6-3-19(22)16-27)28-11-9-18(10-12-28)17-4-7-21(8-5-17)30-14-2-1-13-29/h3-8,13,15,18H,1-2,9-12,14H2. The molecule has 1 aliphatic heterocycles. The Morgan fingerprint density at radius 3 is 2.43 bits per heavy atom. The van der Waals surface area contributed by atoms with Crippen molar-refractivity contribution in [2.75, 3.05) is 24.6 Å². The summed E-state index contributed by atoms with van der Waals surface area (Å²) in [4.78, 5) is 12.3. The van der Waals surface area contributed by atoms with E-state index in [1.807, 2.05) is 29.2 Å². The Labute approximate surface area is 173 Å². The van der Waals surface area contributed by atoms with Crippen molar-refractivity contribution in [3.63, 3.8) is 0 Å². The van der Waals surface area contributed by atoms with Gasteiger partial charge in [-0.3, -0.25) is 0 Å². The van der Waals surface area contributed by atoms with Gasteiger partial charge in [0.1, 0.15) is 12.0 Å². The molecule has 0 spiro atoms. The number of carbonyl (C=O) groups is 1. The van der Waals surface area contributed by atoms with Crippen LogP contribution in [0.1, 0.15) is 48.3 Å². The minimum Gasteiger partial charge on any atom is -0.494 e. The number of nitrogens with zero attached hydrogens (tertiary/aromatic N) is 2. The summed E-state index contributed by atoms with van der Waals surface area (Å²) in [5.74, 6) is 1.10. The van der Waals surface area contributed by atoms with Crippen LogP contribution in [0.25, 0.3) is 0 Å². The molecule has 158 valence electrons. The highest BCUT2D eigenvalue weighted by Gasteiger charge is 2.34. The summed E-state index contributed by atoms with van der Waals surface area (Å²) in [5, 5.41) is 8.95. The Bertz CT molecular complexity index is 896. The molecule has 3 rings (SSSR count). The van der Waals surface area contributed by atoms with Gasteiger partial charge in [0.25, 0.3) is 0 Å². The quantitative estimate of drug-likeness (QED) is 0.453. The van der Waals surface area contributed by atoms with E-state index >= 15 is 0 Å². The molecule has 30 heavy (non-hydrogen) atoms. The van der Waals surface area contributed by atoms with Gasteiger partial charge in [-0.2, -0.15) is 18.4 Å². The van der Waals surface area contributed by atoms with Gasteiger partial charge in [0.15, 0.2) is 0 Å². The van der Waals surface area contributed by atoms with Crippen LogP contribution in [0.15, 0.2) is 42.5 Å². The van der Waals surface area contributed by atoms with Gasteiger partial charge < -0.3 is 14.4 Å². The Kier molecular flexibility index (Phi) is 6.99. The van der Waals surface area contributed by atoms with E-state index < -0.39 is 11.7 Å². The molecule has 1 heterocycles. The van der Waals surface area contributed by atoms with Crippen LogP contribution in [0.5, 0.6) is 5.75 Å². The largest absolute Gasteiger partial charge is 0.494 e. The predicted molar refractivity (Wildman–Crippen MR) is 108 cm³/mol. The van der Waals surface area contributed by atoms with Crippen LogP contribution in [-0.4, -0.2) is 26.0 Å². The minimum atomic E-state index is -4.55. The summed E-state index contributed by atoms with van der Waals surface area (Å²) >= 11 is 0. The first-order valence-corrected chi connectivity index (χ1v) is 9.95. The molecule has 4 nitrogen and oxygen atoms in total. The SMILES string of the molecule is N#Cc1ccc(N2CCC(c3ccc(OCCCC=O)cc3)CC2)cc1C(F)(F)F. The molecule has 0 aromatic heterocycles. The monoisotopic (exact) mass is 416 g/mol. The second kappa shape index (κ2) is 9.66. The number of hydrogen-bond acceptors (Lipinski definition) is 4. The molecule has 0 N–H and O–H groups in total.